The van der Waals surface area contributed by atoms with Crippen molar-refractivity contribution in [2.45, 2.75) is 58.5 Å². The molecular formula is C16H23N3O3. The number of hydrogen-bond acceptors (Lipinski definition) is 3. The third kappa shape index (κ3) is 3.96. The molecule has 0 saturated heterocycles. The van der Waals surface area contributed by atoms with E-state index in [4.69, 9.17) is 0 Å². The van der Waals surface area contributed by atoms with Gasteiger partial charge in [-0.3, -0.25) is 14.4 Å². The standard InChI is InChI=1S/C16H23N3O3/c1-3-14(20)18-13-9-8-11(2)19(16(13)22)10-15(21)17-12-6-4-5-7-12/h8-9,12H,3-7,10H2,1-2H3,(H,17,21)(H,18,20). The smallest absolute Gasteiger partial charge is 0.274 e. The molecule has 1 saturated carbocycles. The lowest BCUT2D eigenvalue weighted by Crippen LogP contribution is -2.38. The molecule has 1 aromatic rings. The van der Waals surface area contributed by atoms with Crippen molar-refractivity contribution in [3.05, 3.63) is 28.2 Å². The van der Waals surface area contributed by atoms with Crippen LogP contribution in [-0.4, -0.2) is 22.4 Å². The Bertz CT molecular complexity index is 616. The molecule has 1 aliphatic rings. The zero-order valence-corrected chi connectivity index (χ0v) is 13.1. The summed E-state index contributed by atoms with van der Waals surface area (Å²) < 4.78 is 1.40. The van der Waals surface area contributed by atoms with Crippen LogP contribution in [0.3, 0.4) is 0 Å². The maximum absolute atomic E-state index is 12.4. The zero-order valence-electron chi connectivity index (χ0n) is 13.1. The molecule has 1 heterocycles. The zero-order chi connectivity index (χ0) is 16.1. The van der Waals surface area contributed by atoms with Gasteiger partial charge in [0.1, 0.15) is 12.2 Å². The molecule has 120 valence electrons. The van der Waals surface area contributed by atoms with E-state index in [0.717, 1.165) is 25.7 Å². The van der Waals surface area contributed by atoms with E-state index in [9.17, 15) is 14.4 Å². The van der Waals surface area contributed by atoms with Gasteiger partial charge in [-0.15, -0.1) is 0 Å². The summed E-state index contributed by atoms with van der Waals surface area (Å²) in [6.45, 7) is 3.48. The molecule has 0 spiro atoms. The van der Waals surface area contributed by atoms with E-state index >= 15 is 0 Å². The highest BCUT2D eigenvalue weighted by atomic mass is 16.2. The number of anilines is 1. The monoisotopic (exact) mass is 305 g/mol. The average molecular weight is 305 g/mol. The molecule has 2 rings (SSSR count). The first-order valence-electron chi connectivity index (χ1n) is 7.81. The first kappa shape index (κ1) is 16.3. The van der Waals surface area contributed by atoms with E-state index in [1.54, 1.807) is 26.0 Å². The molecule has 0 radical (unpaired) electrons. The summed E-state index contributed by atoms with van der Waals surface area (Å²) in [5, 5.41) is 5.54. The van der Waals surface area contributed by atoms with Crippen LogP contribution >= 0.6 is 0 Å². The summed E-state index contributed by atoms with van der Waals surface area (Å²) in [6.07, 6.45) is 4.60. The van der Waals surface area contributed by atoms with Gasteiger partial charge in [0.25, 0.3) is 5.56 Å². The molecule has 0 bridgehead atoms. The first-order valence-corrected chi connectivity index (χ1v) is 7.81. The third-order valence-electron chi connectivity index (χ3n) is 4.01. The molecule has 0 atom stereocenters. The van der Waals surface area contributed by atoms with Crippen LogP contribution in [0.4, 0.5) is 5.69 Å². The summed E-state index contributed by atoms with van der Waals surface area (Å²) in [7, 11) is 0. The van der Waals surface area contributed by atoms with Crippen molar-refractivity contribution in [2.75, 3.05) is 5.32 Å². The highest BCUT2D eigenvalue weighted by Gasteiger charge is 2.18. The normalized spacial score (nSPS) is 14.8. The Hall–Kier alpha value is -2.11. The summed E-state index contributed by atoms with van der Waals surface area (Å²) in [6, 6.07) is 3.54. The highest BCUT2D eigenvalue weighted by Crippen LogP contribution is 2.17. The second-order valence-electron chi connectivity index (χ2n) is 5.73. The molecule has 2 N–H and O–H groups in total. The number of carbonyl (C=O) groups is 2. The molecule has 6 heteroatoms. The lowest BCUT2D eigenvalue weighted by Gasteiger charge is -2.15. The van der Waals surface area contributed by atoms with Gasteiger partial charge in [-0.2, -0.15) is 0 Å². The second kappa shape index (κ2) is 7.24. The quantitative estimate of drug-likeness (QED) is 0.866. The Kier molecular flexibility index (Phi) is 5.35. The molecule has 1 aliphatic carbocycles. The summed E-state index contributed by atoms with van der Waals surface area (Å²) in [4.78, 5) is 35.9. The van der Waals surface area contributed by atoms with Crippen molar-refractivity contribution in [2.24, 2.45) is 0 Å². The average Bonchev–Trinajstić information content (AvgIpc) is 2.99. The van der Waals surface area contributed by atoms with E-state index in [2.05, 4.69) is 10.6 Å². The van der Waals surface area contributed by atoms with E-state index in [1.165, 1.54) is 4.57 Å². The number of rotatable bonds is 5. The molecule has 1 fully saturated rings. The van der Waals surface area contributed by atoms with Crippen LogP contribution in [0.2, 0.25) is 0 Å². The van der Waals surface area contributed by atoms with Crippen molar-refractivity contribution >= 4 is 17.5 Å². The third-order valence-corrected chi connectivity index (χ3v) is 4.01. The Morgan fingerprint density at radius 2 is 1.91 bits per heavy atom. The largest absolute Gasteiger partial charge is 0.352 e. The summed E-state index contributed by atoms with van der Waals surface area (Å²) in [5.74, 6) is -0.376. The fourth-order valence-electron chi connectivity index (χ4n) is 2.69. The van der Waals surface area contributed by atoms with Crippen LogP contribution in [0.1, 0.15) is 44.7 Å². The number of nitrogens with zero attached hydrogens (tertiary/aromatic N) is 1. The lowest BCUT2D eigenvalue weighted by atomic mass is 10.2. The molecule has 1 aromatic heterocycles. The van der Waals surface area contributed by atoms with Gasteiger partial charge in [-0.1, -0.05) is 19.8 Å². The van der Waals surface area contributed by atoms with Crippen molar-refractivity contribution in [3.8, 4) is 0 Å². The number of nitrogens with one attached hydrogen (secondary N) is 2. The van der Waals surface area contributed by atoms with Gasteiger partial charge in [0, 0.05) is 18.2 Å². The minimum atomic E-state index is -0.344. The number of hydrogen-bond donors (Lipinski definition) is 2. The summed E-state index contributed by atoms with van der Waals surface area (Å²) in [5.41, 5.74) is 0.565. The van der Waals surface area contributed by atoms with Crippen molar-refractivity contribution in [1.29, 1.82) is 0 Å². The number of aryl methyl sites for hydroxylation is 1. The van der Waals surface area contributed by atoms with Gasteiger partial charge < -0.3 is 15.2 Å². The van der Waals surface area contributed by atoms with Gasteiger partial charge >= 0.3 is 0 Å². The Morgan fingerprint density at radius 3 is 2.55 bits per heavy atom. The molecule has 0 aliphatic heterocycles. The summed E-state index contributed by atoms with van der Waals surface area (Å²) >= 11 is 0. The van der Waals surface area contributed by atoms with E-state index in [0.29, 0.717) is 12.1 Å². The molecular weight excluding hydrogens is 282 g/mol. The second-order valence-corrected chi connectivity index (χ2v) is 5.73. The van der Waals surface area contributed by atoms with Crippen LogP contribution < -0.4 is 16.2 Å². The molecule has 0 aromatic carbocycles. The van der Waals surface area contributed by atoms with Crippen LogP contribution in [0.15, 0.2) is 16.9 Å². The van der Waals surface area contributed by atoms with Crippen LogP contribution in [-0.2, 0) is 16.1 Å². The number of carbonyl (C=O) groups excluding carboxylic acids is 2. The Balaban J connectivity index is 2.11. The van der Waals surface area contributed by atoms with Crippen molar-refractivity contribution < 1.29 is 9.59 Å². The first-order chi connectivity index (χ1) is 10.5. The molecule has 6 nitrogen and oxygen atoms in total. The Morgan fingerprint density at radius 1 is 1.23 bits per heavy atom. The fourth-order valence-corrected chi connectivity index (χ4v) is 2.69. The number of amides is 2. The molecule has 2 amide bonds. The minimum Gasteiger partial charge on any atom is -0.352 e. The van der Waals surface area contributed by atoms with Crippen molar-refractivity contribution in [1.82, 2.24) is 9.88 Å². The topological polar surface area (TPSA) is 80.2 Å². The van der Waals surface area contributed by atoms with Crippen LogP contribution in [0.25, 0.3) is 0 Å². The van der Waals surface area contributed by atoms with E-state index < -0.39 is 0 Å². The lowest BCUT2D eigenvalue weighted by molar-refractivity contribution is -0.122. The van der Waals surface area contributed by atoms with Gasteiger partial charge in [-0.25, -0.2) is 0 Å². The maximum Gasteiger partial charge on any atom is 0.274 e. The van der Waals surface area contributed by atoms with Crippen molar-refractivity contribution in [3.63, 3.8) is 0 Å². The minimum absolute atomic E-state index is 0.0169. The van der Waals surface area contributed by atoms with Crippen LogP contribution in [0, 0.1) is 6.92 Å². The SMILES string of the molecule is CCC(=O)Nc1ccc(C)n(CC(=O)NC2CCCC2)c1=O. The van der Waals surface area contributed by atoms with Crippen LogP contribution in [0.5, 0.6) is 0 Å². The number of pyridine rings is 1. The predicted octanol–water partition coefficient (Wildman–Crippen LogP) is 1.56. The highest BCUT2D eigenvalue weighted by molar-refractivity contribution is 5.90. The van der Waals surface area contributed by atoms with E-state index in [-0.39, 0.29) is 35.6 Å². The van der Waals surface area contributed by atoms with Gasteiger partial charge in [0.2, 0.25) is 11.8 Å². The molecule has 22 heavy (non-hydrogen) atoms. The number of aromatic nitrogens is 1. The fraction of sp³-hybridized carbons (Fsp3) is 0.562. The van der Waals surface area contributed by atoms with Gasteiger partial charge in [0.15, 0.2) is 0 Å². The predicted molar refractivity (Wildman–Crippen MR) is 84.8 cm³/mol. The Labute approximate surface area is 129 Å². The molecule has 0 unspecified atom stereocenters. The van der Waals surface area contributed by atoms with Gasteiger partial charge in [-0.05, 0) is 31.9 Å². The van der Waals surface area contributed by atoms with Gasteiger partial charge in [0.05, 0.1) is 0 Å². The van der Waals surface area contributed by atoms with E-state index in [1.807, 2.05) is 0 Å². The maximum atomic E-state index is 12.4.